The molecular weight excluding hydrogens is 293 g/mol. The molecular formula is C13H14Cl3NO. The molecule has 0 bridgehead atoms. The Balaban J connectivity index is 3.41. The van der Waals surface area contributed by atoms with Gasteiger partial charge in [0.25, 0.3) is 0 Å². The second-order valence-corrected chi connectivity index (χ2v) is 5.22. The van der Waals surface area contributed by atoms with E-state index in [9.17, 15) is 4.79 Å². The van der Waals surface area contributed by atoms with E-state index in [0.717, 1.165) is 0 Å². The second kappa shape index (κ2) is 6.46. The molecule has 98 valence electrons. The summed E-state index contributed by atoms with van der Waals surface area (Å²) in [7, 11) is 0. The lowest BCUT2D eigenvalue weighted by molar-refractivity contribution is -0.118. The summed E-state index contributed by atoms with van der Waals surface area (Å²) in [5, 5.41) is 0.804. The average molecular weight is 307 g/mol. The third kappa shape index (κ3) is 3.19. The monoisotopic (exact) mass is 305 g/mol. The third-order valence-corrected chi connectivity index (χ3v) is 3.41. The maximum atomic E-state index is 12.0. The second-order valence-electron chi connectivity index (χ2n) is 4.14. The van der Waals surface area contributed by atoms with Crippen LogP contribution in [0.4, 0.5) is 0 Å². The number of rotatable bonds is 4. The van der Waals surface area contributed by atoms with Gasteiger partial charge in [0.2, 0.25) is 0 Å². The van der Waals surface area contributed by atoms with Gasteiger partial charge in [0.15, 0.2) is 5.78 Å². The maximum absolute atomic E-state index is 12.0. The summed E-state index contributed by atoms with van der Waals surface area (Å²) in [6.45, 7) is 3.58. The first-order chi connectivity index (χ1) is 8.40. The third-order valence-electron chi connectivity index (χ3n) is 2.51. The van der Waals surface area contributed by atoms with Crippen LogP contribution in [0.15, 0.2) is 23.8 Å². The van der Waals surface area contributed by atoms with E-state index in [-0.39, 0.29) is 23.3 Å². The highest BCUT2D eigenvalue weighted by Gasteiger charge is 2.19. The first kappa shape index (κ1) is 15.4. The van der Waals surface area contributed by atoms with Crippen molar-refractivity contribution in [3.63, 3.8) is 0 Å². The Kier molecular flexibility index (Phi) is 5.51. The average Bonchev–Trinajstić information content (AvgIpc) is 2.29. The maximum Gasteiger partial charge on any atom is 0.164 e. The number of carbonyl (C=O) groups is 1. The van der Waals surface area contributed by atoms with Crippen molar-refractivity contribution in [2.24, 2.45) is 11.7 Å². The molecule has 0 unspecified atom stereocenters. The summed E-state index contributed by atoms with van der Waals surface area (Å²) >= 11 is 17.9. The highest BCUT2D eigenvalue weighted by Crippen LogP contribution is 2.31. The summed E-state index contributed by atoms with van der Waals surface area (Å²) in [5.74, 6) is -0.248. The van der Waals surface area contributed by atoms with E-state index < -0.39 is 0 Å². The van der Waals surface area contributed by atoms with E-state index in [1.807, 2.05) is 0 Å². The lowest BCUT2D eigenvalue weighted by Gasteiger charge is -2.13. The minimum absolute atomic E-state index is 0.0321. The van der Waals surface area contributed by atoms with Crippen LogP contribution in [0.25, 0.3) is 5.70 Å². The van der Waals surface area contributed by atoms with Crippen LogP contribution in [0.1, 0.15) is 19.4 Å². The number of nitrogens with two attached hydrogens (primary N) is 1. The smallest absolute Gasteiger partial charge is 0.164 e. The van der Waals surface area contributed by atoms with Gasteiger partial charge in [-0.2, -0.15) is 0 Å². The van der Waals surface area contributed by atoms with Crippen molar-refractivity contribution in [2.75, 3.05) is 5.88 Å². The van der Waals surface area contributed by atoms with Gasteiger partial charge >= 0.3 is 0 Å². The molecule has 0 fully saturated rings. The van der Waals surface area contributed by atoms with Crippen LogP contribution >= 0.6 is 34.8 Å². The molecule has 1 aromatic rings. The quantitative estimate of drug-likeness (QED) is 0.671. The minimum atomic E-state index is -0.182. The molecule has 2 nitrogen and oxygen atoms in total. The molecule has 0 heterocycles. The van der Waals surface area contributed by atoms with E-state index in [1.165, 1.54) is 0 Å². The van der Waals surface area contributed by atoms with Gasteiger partial charge in [-0.1, -0.05) is 43.1 Å². The molecule has 0 amide bonds. The molecule has 0 radical (unpaired) electrons. The van der Waals surface area contributed by atoms with Crippen LogP contribution in [0.3, 0.4) is 0 Å². The first-order valence-corrected chi connectivity index (χ1v) is 6.72. The van der Waals surface area contributed by atoms with Crippen LogP contribution in [-0.4, -0.2) is 11.7 Å². The number of hydrogen-bond acceptors (Lipinski definition) is 2. The van der Waals surface area contributed by atoms with Crippen LogP contribution in [0.2, 0.25) is 10.0 Å². The van der Waals surface area contributed by atoms with Gasteiger partial charge < -0.3 is 5.73 Å². The van der Waals surface area contributed by atoms with Crippen LogP contribution in [0.5, 0.6) is 0 Å². The summed E-state index contributed by atoms with van der Waals surface area (Å²) in [4.78, 5) is 12.0. The topological polar surface area (TPSA) is 43.1 Å². The molecule has 0 aliphatic heterocycles. The van der Waals surface area contributed by atoms with Crippen molar-refractivity contribution >= 4 is 46.3 Å². The van der Waals surface area contributed by atoms with Crippen molar-refractivity contribution in [1.29, 1.82) is 0 Å². The molecule has 1 rings (SSSR count). The van der Waals surface area contributed by atoms with Crippen LogP contribution in [-0.2, 0) is 4.79 Å². The molecule has 0 aliphatic rings. The number of benzene rings is 1. The van der Waals surface area contributed by atoms with E-state index >= 15 is 0 Å². The highest BCUT2D eigenvalue weighted by molar-refractivity contribution is 6.38. The summed E-state index contributed by atoms with van der Waals surface area (Å²) in [6.07, 6.45) is 0. The van der Waals surface area contributed by atoms with Crippen molar-refractivity contribution in [3.8, 4) is 0 Å². The van der Waals surface area contributed by atoms with E-state index in [2.05, 4.69) is 0 Å². The highest BCUT2D eigenvalue weighted by atomic mass is 35.5. The fraction of sp³-hybridized carbons (Fsp3) is 0.308. The summed E-state index contributed by atoms with van der Waals surface area (Å²) in [6, 6.07) is 5.05. The molecule has 0 aromatic heterocycles. The van der Waals surface area contributed by atoms with Crippen LogP contribution < -0.4 is 5.73 Å². The van der Waals surface area contributed by atoms with Gasteiger partial charge in [0.1, 0.15) is 0 Å². The molecule has 0 saturated carbocycles. The lowest BCUT2D eigenvalue weighted by atomic mass is 9.98. The van der Waals surface area contributed by atoms with Crippen molar-refractivity contribution in [2.45, 2.75) is 13.8 Å². The van der Waals surface area contributed by atoms with Crippen molar-refractivity contribution < 1.29 is 4.79 Å². The first-order valence-electron chi connectivity index (χ1n) is 5.43. The molecule has 0 saturated heterocycles. The van der Waals surface area contributed by atoms with Crippen molar-refractivity contribution in [1.82, 2.24) is 0 Å². The normalized spacial score (nSPS) is 12.6. The summed E-state index contributed by atoms with van der Waals surface area (Å²) < 4.78 is 0. The molecule has 0 aliphatic carbocycles. The molecule has 5 heteroatoms. The van der Waals surface area contributed by atoms with Gasteiger partial charge in [0, 0.05) is 22.8 Å². The Morgan fingerprint density at radius 2 is 1.78 bits per heavy atom. The van der Waals surface area contributed by atoms with Gasteiger partial charge in [-0.25, -0.2) is 0 Å². The number of allylic oxidation sites excluding steroid dienone is 1. The number of halogens is 3. The van der Waals surface area contributed by atoms with Crippen LogP contribution in [0, 0.1) is 5.92 Å². The fourth-order valence-corrected chi connectivity index (χ4v) is 2.40. The molecule has 0 atom stereocenters. The Bertz CT molecular complexity index is 475. The molecule has 1 aromatic carbocycles. The standard InChI is InChI=1S/C13H14Cl3NO/c1-7(2)13(18)8(6-14)12(17)11-9(15)4-3-5-10(11)16/h3-5,7H,6,17H2,1-2H3. The predicted octanol–water partition coefficient (Wildman–Crippen LogP) is 4.13. The largest absolute Gasteiger partial charge is 0.398 e. The number of carbonyl (C=O) groups excluding carboxylic acids is 1. The van der Waals surface area contributed by atoms with Gasteiger partial charge in [-0.3, -0.25) is 4.79 Å². The zero-order chi connectivity index (χ0) is 13.9. The lowest BCUT2D eigenvalue weighted by Crippen LogP contribution is -2.17. The molecule has 18 heavy (non-hydrogen) atoms. The van der Waals surface area contributed by atoms with Gasteiger partial charge in [-0.15, -0.1) is 11.6 Å². The van der Waals surface area contributed by atoms with E-state index in [0.29, 0.717) is 21.2 Å². The van der Waals surface area contributed by atoms with Crippen molar-refractivity contribution in [3.05, 3.63) is 39.4 Å². The fourth-order valence-electron chi connectivity index (χ4n) is 1.53. The van der Waals surface area contributed by atoms with Gasteiger partial charge in [0.05, 0.1) is 15.9 Å². The SMILES string of the molecule is CC(C)C(=O)C(CCl)=C(N)c1c(Cl)cccc1Cl. The van der Waals surface area contributed by atoms with Gasteiger partial charge in [-0.05, 0) is 12.1 Å². The Morgan fingerprint density at radius 3 is 2.17 bits per heavy atom. The molecule has 0 spiro atoms. The Labute approximate surface area is 122 Å². The number of ketones is 1. The number of alkyl halides is 1. The number of hydrogen-bond donors (Lipinski definition) is 1. The zero-order valence-electron chi connectivity index (χ0n) is 10.1. The van der Waals surface area contributed by atoms with E-state index in [1.54, 1.807) is 32.0 Å². The molecule has 2 N–H and O–H groups in total. The predicted molar refractivity (Wildman–Crippen MR) is 78.1 cm³/mol. The summed E-state index contributed by atoms with van der Waals surface area (Å²) in [5.41, 5.74) is 7.06. The minimum Gasteiger partial charge on any atom is -0.398 e. The van der Waals surface area contributed by atoms with E-state index in [4.69, 9.17) is 40.5 Å². The Hall–Kier alpha value is -0.700. The zero-order valence-corrected chi connectivity index (χ0v) is 12.4. The Morgan fingerprint density at radius 1 is 1.28 bits per heavy atom. The number of Topliss-reactive ketones (excluding diaryl/α,β-unsaturated/α-hetero) is 1.